The number of nitro benzene ring substituents is 1. The van der Waals surface area contributed by atoms with Crippen LogP contribution in [0.1, 0.15) is 16.8 Å². The predicted octanol–water partition coefficient (Wildman–Crippen LogP) is 4.07. The van der Waals surface area contributed by atoms with E-state index in [0.29, 0.717) is 84.3 Å². The first-order valence-corrected chi connectivity index (χ1v) is 14.0. The highest BCUT2D eigenvalue weighted by atomic mass is 35.5. The zero-order valence-electron chi connectivity index (χ0n) is 21.6. The molecular weight excluding hydrogens is 546 g/mol. The lowest BCUT2D eigenvalue weighted by atomic mass is 10.1. The zero-order chi connectivity index (χ0) is 27.4. The zero-order valence-corrected chi connectivity index (χ0v) is 23.2. The Morgan fingerprint density at radius 2 is 1.87 bits per heavy atom. The summed E-state index contributed by atoms with van der Waals surface area (Å²) in [6, 6.07) is 8.15. The number of morpholine rings is 2. The highest BCUT2D eigenvalue weighted by Crippen LogP contribution is 2.39. The van der Waals surface area contributed by atoms with Crippen LogP contribution in [0.2, 0.25) is 5.02 Å². The van der Waals surface area contributed by atoms with Gasteiger partial charge in [0.25, 0.3) is 11.6 Å². The number of aromatic nitrogens is 1. The van der Waals surface area contributed by atoms with Gasteiger partial charge >= 0.3 is 0 Å². The van der Waals surface area contributed by atoms with Crippen molar-refractivity contribution in [2.45, 2.75) is 6.42 Å². The lowest BCUT2D eigenvalue weighted by molar-refractivity contribution is -0.384. The molecule has 1 aromatic heterocycles. The van der Waals surface area contributed by atoms with E-state index in [1.54, 1.807) is 36.3 Å². The van der Waals surface area contributed by atoms with Gasteiger partial charge in [-0.05, 0) is 30.7 Å². The second-order valence-electron chi connectivity index (χ2n) is 9.25. The lowest BCUT2D eigenvalue weighted by Gasteiger charge is -2.29. The van der Waals surface area contributed by atoms with Crippen LogP contribution < -0.4 is 14.5 Å². The van der Waals surface area contributed by atoms with Gasteiger partial charge in [0.15, 0.2) is 5.13 Å². The number of amides is 1. The topological polar surface area (TPSA) is 111 Å². The van der Waals surface area contributed by atoms with Gasteiger partial charge in [0.05, 0.1) is 48.2 Å². The summed E-state index contributed by atoms with van der Waals surface area (Å²) in [5, 5.41) is 13.0. The molecule has 0 N–H and O–H groups in total. The fourth-order valence-electron chi connectivity index (χ4n) is 4.81. The molecule has 208 valence electrons. The van der Waals surface area contributed by atoms with Gasteiger partial charge in [-0.3, -0.25) is 24.7 Å². The van der Waals surface area contributed by atoms with Crippen molar-refractivity contribution < 1.29 is 23.9 Å². The van der Waals surface area contributed by atoms with E-state index in [2.05, 4.69) is 4.90 Å². The first-order valence-electron chi connectivity index (χ1n) is 12.8. The van der Waals surface area contributed by atoms with Crippen molar-refractivity contribution in [2.24, 2.45) is 0 Å². The Morgan fingerprint density at radius 1 is 1.15 bits per heavy atom. The highest BCUT2D eigenvalue weighted by Gasteiger charge is 2.28. The minimum atomic E-state index is -0.438. The second-order valence-corrected chi connectivity index (χ2v) is 10.6. The fraction of sp³-hybridized carbons (Fsp3) is 0.462. The summed E-state index contributed by atoms with van der Waals surface area (Å²) >= 11 is 7.76. The maximum absolute atomic E-state index is 13.9. The van der Waals surface area contributed by atoms with Crippen molar-refractivity contribution in [2.75, 3.05) is 82.6 Å². The molecule has 0 unspecified atom stereocenters. The third-order valence-electron chi connectivity index (χ3n) is 6.87. The summed E-state index contributed by atoms with van der Waals surface area (Å²) in [5.74, 6) is 0.200. The average molecular weight is 576 g/mol. The summed E-state index contributed by atoms with van der Waals surface area (Å²) in [5.41, 5.74) is 1.17. The number of benzene rings is 2. The first kappa shape index (κ1) is 27.5. The average Bonchev–Trinajstić information content (AvgIpc) is 3.42. The molecule has 2 aliphatic heterocycles. The Labute approximate surface area is 235 Å². The Kier molecular flexibility index (Phi) is 8.78. The Hall–Kier alpha value is -3.03. The minimum absolute atomic E-state index is 0.106. The summed E-state index contributed by atoms with van der Waals surface area (Å²) in [7, 11) is 1.56. The molecule has 0 atom stereocenters. The van der Waals surface area contributed by atoms with Gasteiger partial charge in [-0.2, -0.15) is 0 Å². The Bertz CT molecular complexity index is 1340. The van der Waals surface area contributed by atoms with Crippen molar-refractivity contribution >= 4 is 55.6 Å². The number of rotatable bonds is 9. The lowest BCUT2D eigenvalue weighted by Crippen LogP contribution is -2.39. The number of carbonyl (C=O) groups is 1. The van der Waals surface area contributed by atoms with Crippen molar-refractivity contribution in [3.63, 3.8) is 0 Å². The molecular formula is C26H30ClN5O6S. The van der Waals surface area contributed by atoms with E-state index in [0.717, 1.165) is 19.6 Å². The van der Waals surface area contributed by atoms with E-state index in [1.165, 1.54) is 17.4 Å². The number of nitro groups is 1. The van der Waals surface area contributed by atoms with Gasteiger partial charge in [-0.15, -0.1) is 0 Å². The molecule has 0 spiro atoms. The molecule has 1 amide bonds. The maximum atomic E-state index is 13.9. The number of halogens is 1. The van der Waals surface area contributed by atoms with E-state index in [1.807, 2.05) is 4.90 Å². The van der Waals surface area contributed by atoms with E-state index in [9.17, 15) is 14.9 Å². The third-order valence-corrected chi connectivity index (χ3v) is 8.41. The van der Waals surface area contributed by atoms with Gasteiger partial charge in [0, 0.05) is 50.9 Å². The molecule has 0 saturated carbocycles. The van der Waals surface area contributed by atoms with Gasteiger partial charge < -0.3 is 19.1 Å². The van der Waals surface area contributed by atoms with Gasteiger partial charge in [0.1, 0.15) is 17.0 Å². The van der Waals surface area contributed by atoms with Crippen LogP contribution in [0.5, 0.6) is 5.75 Å². The van der Waals surface area contributed by atoms with Crippen molar-refractivity contribution in [1.82, 2.24) is 9.88 Å². The number of carbonyl (C=O) groups excluding carboxylic acids is 1. The smallest absolute Gasteiger partial charge is 0.293 e. The van der Waals surface area contributed by atoms with Crippen LogP contribution in [0.15, 0.2) is 30.3 Å². The summed E-state index contributed by atoms with van der Waals surface area (Å²) in [6.45, 7) is 6.35. The second kappa shape index (κ2) is 12.4. The van der Waals surface area contributed by atoms with Gasteiger partial charge in [-0.25, -0.2) is 4.98 Å². The van der Waals surface area contributed by atoms with Crippen molar-refractivity contribution in [1.29, 1.82) is 0 Å². The molecule has 39 heavy (non-hydrogen) atoms. The standard InChI is InChI=1S/C26H30ClN5O6S/c1-36-22-6-4-19(27)24-23(22)28-26(39-24)31(8-2-7-29-9-13-37-14-10-29)25(33)18-3-5-20(21(17-18)32(34)35)30-11-15-38-16-12-30/h3-6,17H,2,7-16H2,1H3. The molecule has 0 radical (unpaired) electrons. The van der Waals surface area contributed by atoms with E-state index >= 15 is 0 Å². The Morgan fingerprint density at radius 3 is 2.56 bits per heavy atom. The summed E-state index contributed by atoms with van der Waals surface area (Å²) in [6.07, 6.45) is 0.695. The number of nitrogens with zero attached hydrogens (tertiary/aromatic N) is 5. The summed E-state index contributed by atoms with van der Waals surface area (Å²) < 4.78 is 17.0. The molecule has 2 aliphatic rings. The van der Waals surface area contributed by atoms with Crippen LogP contribution in [0, 0.1) is 10.1 Å². The molecule has 2 saturated heterocycles. The number of hydrogen-bond donors (Lipinski definition) is 0. The molecule has 2 aromatic carbocycles. The minimum Gasteiger partial charge on any atom is -0.494 e. The first-order chi connectivity index (χ1) is 19.0. The van der Waals surface area contributed by atoms with E-state index < -0.39 is 4.92 Å². The van der Waals surface area contributed by atoms with Gasteiger partial charge in [0.2, 0.25) is 0 Å². The molecule has 0 bridgehead atoms. The molecule has 5 rings (SSSR count). The molecule has 3 heterocycles. The maximum Gasteiger partial charge on any atom is 0.293 e. The monoisotopic (exact) mass is 575 g/mol. The highest BCUT2D eigenvalue weighted by molar-refractivity contribution is 7.23. The molecule has 0 aliphatic carbocycles. The van der Waals surface area contributed by atoms with Crippen molar-refractivity contribution in [3.05, 3.63) is 51.0 Å². The van der Waals surface area contributed by atoms with E-state index in [4.69, 9.17) is 30.8 Å². The van der Waals surface area contributed by atoms with E-state index in [-0.39, 0.29) is 17.2 Å². The largest absolute Gasteiger partial charge is 0.494 e. The number of ether oxygens (including phenoxy) is 3. The number of methoxy groups -OCH3 is 1. The quantitative estimate of drug-likeness (QED) is 0.275. The molecule has 3 aromatic rings. The van der Waals surface area contributed by atoms with Crippen LogP contribution in [0.4, 0.5) is 16.5 Å². The summed E-state index contributed by atoms with van der Waals surface area (Å²) in [4.78, 5) is 36.1. The SMILES string of the molecule is COc1ccc(Cl)c2sc(N(CCCN3CCOCC3)C(=O)c3ccc(N4CCOCC4)c([N+](=O)[O-])c3)nc12. The van der Waals surface area contributed by atoms with Crippen LogP contribution in [0.3, 0.4) is 0 Å². The van der Waals surface area contributed by atoms with Crippen LogP contribution in [-0.2, 0) is 9.47 Å². The van der Waals surface area contributed by atoms with Crippen LogP contribution in [-0.4, -0.2) is 93.5 Å². The number of fused-ring (bicyclic) bond motifs is 1. The fourth-order valence-corrected chi connectivity index (χ4v) is 6.09. The predicted molar refractivity (Wildman–Crippen MR) is 151 cm³/mol. The third kappa shape index (κ3) is 6.10. The normalized spacial score (nSPS) is 16.4. The number of hydrogen-bond acceptors (Lipinski definition) is 10. The Balaban J connectivity index is 1.47. The number of anilines is 2. The molecule has 13 heteroatoms. The van der Waals surface area contributed by atoms with Crippen LogP contribution >= 0.6 is 22.9 Å². The molecule has 2 fully saturated rings. The van der Waals surface area contributed by atoms with Crippen molar-refractivity contribution in [3.8, 4) is 5.75 Å². The van der Waals surface area contributed by atoms with Gasteiger partial charge in [-0.1, -0.05) is 22.9 Å². The molecule has 11 nitrogen and oxygen atoms in total. The number of thiazole rings is 1. The van der Waals surface area contributed by atoms with Crippen LogP contribution in [0.25, 0.3) is 10.2 Å².